The highest BCUT2D eigenvalue weighted by Gasteiger charge is 2.13. The number of hydrogen-bond acceptors (Lipinski definition) is 4. The van der Waals surface area contributed by atoms with Gasteiger partial charge in [0.1, 0.15) is 12.4 Å². The maximum absolute atomic E-state index is 12.7. The zero-order valence-corrected chi connectivity index (χ0v) is 19.8. The molecular formula is C27H34N2O3. The van der Waals surface area contributed by atoms with Crippen molar-refractivity contribution in [3.05, 3.63) is 80.8 Å². The van der Waals surface area contributed by atoms with Gasteiger partial charge in [-0.05, 0) is 67.6 Å². The van der Waals surface area contributed by atoms with Crippen molar-refractivity contribution >= 4 is 5.69 Å². The third kappa shape index (κ3) is 5.80. The monoisotopic (exact) mass is 434 g/mol. The Kier molecular flexibility index (Phi) is 8.12. The van der Waals surface area contributed by atoms with Gasteiger partial charge in [-0.3, -0.25) is 4.79 Å². The van der Waals surface area contributed by atoms with Crippen molar-refractivity contribution in [1.82, 2.24) is 4.98 Å². The van der Waals surface area contributed by atoms with Gasteiger partial charge in [-0.1, -0.05) is 25.1 Å². The fourth-order valence-corrected chi connectivity index (χ4v) is 3.84. The van der Waals surface area contributed by atoms with Crippen LogP contribution in [0.3, 0.4) is 0 Å². The molecule has 0 unspecified atom stereocenters. The van der Waals surface area contributed by atoms with E-state index in [1.807, 2.05) is 26.0 Å². The first-order valence-electron chi connectivity index (χ1n) is 11.2. The average Bonchev–Trinajstić information content (AvgIpc) is 2.77. The number of pyridine rings is 1. The molecule has 0 aliphatic heterocycles. The lowest BCUT2D eigenvalue weighted by Gasteiger charge is -2.17. The van der Waals surface area contributed by atoms with Crippen LogP contribution in [0.15, 0.2) is 47.3 Å². The summed E-state index contributed by atoms with van der Waals surface area (Å²) in [6.45, 7) is 10.2. The zero-order chi connectivity index (χ0) is 23.1. The first-order chi connectivity index (χ1) is 15.4. The predicted octanol–water partition coefficient (Wildman–Crippen LogP) is 5.41. The molecule has 0 radical (unpaired) electrons. The Morgan fingerprint density at radius 3 is 2.38 bits per heavy atom. The first-order valence-corrected chi connectivity index (χ1v) is 11.2. The van der Waals surface area contributed by atoms with Crippen molar-refractivity contribution in [3.8, 4) is 16.9 Å². The van der Waals surface area contributed by atoms with Crippen LogP contribution in [0.25, 0.3) is 11.1 Å². The highest BCUT2D eigenvalue weighted by molar-refractivity contribution is 5.72. The molecule has 5 nitrogen and oxygen atoms in total. The van der Waals surface area contributed by atoms with E-state index in [2.05, 4.69) is 48.4 Å². The minimum Gasteiger partial charge on any atom is -0.491 e. The van der Waals surface area contributed by atoms with Gasteiger partial charge in [0.15, 0.2) is 5.43 Å². The zero-order valence-electron chi connectivity index (χ0n) is 19.8. The SMILES string of the molecule is CCCNc1cc(-c2ccc(OCCOC)cc2)cc(Cc2c(C)[nH]c(C)cc2=O)c1C. The lowest BCUT2D eigenvalue weighted by molar-refractivity contribution is 0.146. The Morgan fingerprint density at radius 1 is 0.969 bits per heavy atom. The number of nitrogens with one attached hydrogen (secondary N) is 2. The third-order valence-corrected chi connectivity index (χ3v) is 5.67. The fraction of sp³-hybridized carbons (Fsp3) is 0.370. The maximum Gasteiger partial charge on any atom is 0.185 e. The van der Waals surface area contributed by atoms with Crippen molar-refractivity contribution in [1.29, 1.82) is 0 Å². The molecular weight excluding hydrogens is 400 g/mol. The molecule has 1 aromatic heterocycles. The molecule has 0 aliphatic carbocycles. The smallest absolute Gasteiger partial charge is 0.185 e. The summed E-state index contributed by atoms with van der Waals surface area (Å²) < 4.78 is 10.7. The van der Waals surface area contributed by atoms with E-state index in [0.717, 1.165) is 58.0 Å². The van der Waals surface area contributed by atoms with Gasteiger partial charge in [0, 0.05) is 48.8 Å². The van der Waals surface area contributed by atoms with Crippen molar-refractivity contribution < 1.29 is 9.47 Å². The third-order valence-electron chi connectivity index (χ3n) is 5.67. The summed E-state index contributed by atoms with van der Waals surface area (Å²) in [5.74, 6) is 0.823. The van der Waals surface area contributed by atoms with E-state index in [0.29, 0.717) is 19.6 Å². The molecule has 0 saturated carbocycles. The summed E-state index contributed by atoms with van der Waals surface area (Å²) in [6, 6.07) is 14.2. The summed E-state index contributed by atoms with van der Waals surface area (Å²) in [7, 11) is 1.66. The maximum atomic E-state index is 12.7. The van der Waals surface area contributed by atoms with Gasteiger partial charge >= 0.3 is 0 Å². The first kappa shape index (κ1) is 23.6. The van der Waals surface area contributed by atoms with E-state index in [9.17, 15) is 4.79 Å². The second-order valence-electron chi connectivity index (χ2n) is 8.20. The standard InChI is InChI=1S/C27H34N2O3/c1-6-11-28-26-17-23(21-7-9-24(10-8-21)32-13-12-31-5)15-22(19(26)3)16-25-20(4)29-18(2)14-27(25)30/h7-10,14-15,17,28H,6,11-13,16H2,1-5H3,(H,29,30). The van der Waals surface area contributed by atoms with Crippen LogP contribution in [0.1, 0.15) is 41.4 Å². The van der Waals surface area contributed by atoms with E-state index in [4.69, 9.17) is 9.47 Å². The molecule has 2 N–H and O–H groups in total. The molecule has 1 heterocycles. The van der Waals surface area contributed by atoms with Crippen LogP contribution in [0.4, 0.5) is 5.69 Å². The Labute approximate surface area is 190 Å². The second-order valence-corrected chi connectivity index (χ2v) is 8.20. The normalized spacial score (nSPS) is 10.9. The minimum absolute atomic E-state index is 0.0872. The highest BCUT2D eigenvalue weighted by Crippen LogP contribution is 2.31. The number of aromatic amines is 1. The van der Waals surface area contributed by atoms with Gasteiger partial charge in [0.05, 0.1) is 6.61 Å². The number of H-pyrrole nitrogens is 1. The highest BCUT2D eigenvalue weighted by atomic mass is 16.5. The Bertz CT molecular complexity index is 1100. The number of rotatable bonds is 10. The van der Waals surface area contributed by atoms with Crippen molar-refractivity contribution in [2.45, 2.75) is 40.5 Å². The molecule has 170 valence electrons. The second kappa shape index (κ2) is 11.0. The van der Waals surface area contributed by atoms with E-state index >= 15 is 0 Å². The molecule has 32 heavy (non-hydrogen) atoms. The summed E-state index contributed by atoms with van der Waals surface area (Å²) in [5.41, 5.74) is 8.40. The summed E-state index contributed by atoms with van der Waals surface area (Å²) in [4.78, 5) is 16.0. The number of aryl methyl sites for hydroxylation is 2. The number of benzene rings is 2. The molecule has 3 aromatic rings. The van der Waals surface area contributed by atoms with Crippen molar-refractivity contribution in [2.75, 3.05) is 32.2 Å². The van der Waals surface area contributed by atoms with Gasteiger partial charge in [0.25, 0.3) is 0 Å². The molecule has 5 heteroatoms. The van der Waals surface area contributed by atoms with E-state index in [1.54, 1.807) is 13.2 Å². The number of methoxy groups -OCH3 is 1. The van der Waals surface area contributed by atoms with E-state index < -0.39 is 0 Å². The van der Waals surface area contributed by atoms with Gasteiger partial charge in [-0.2, -0.15) is 0 Å². The topological polar surface area (TPSA) is 63.4 Å². The average molecular weight is 435 g/mol. The van der Waals surface area contributed by atoms with Gasteiger partial charge in [-0.25, -0.2) is 0 Å². The molecule has 0 saturated heterocycles. The predicted molar refractivity (Wildman–Crippen MR) is 132 cm³/mol. The van der Waals surface area contributed by atoms with Crippen LogP contribution >= 0.6 is 0 Å². The number of aromatic nitrogens is 1. The quantitative estimate of drug-likeness (QED) is 0.419. The lowest BCUT2D eigenvalue weighted by atomic mass is 9.93. The Balaban J connectivity index is 1.98. The summed E-state index contributed by atoms with van der Waals surface area (Å²) in [5, 5.41) is 3.56. The molecule has 0 aliphatic rings. The molecule has 0 bridgehead atoms. The van der Waals surface area contributed by atoms with Gasteiger partial charge in [0.2, 0.25) is 0 Å². The number of anilines is 1. The molecule has 0 spiro atoms. The van der Waals surface area contributed by atoms with E-state index in [-0.39, 0.29) is 5.43 Å². The lowest BCUT2D eigenvalue weighted by Crippen LogP contribution is -2.14. The summed E-state index contributed by atoms with van der Waals surface area (Å²) >= 11 is 0. The van der Waals surface area contributed by atoms with Gasteiger partial charge < -0.3 is 19.8 Å². The Hall–Kier alpha value is -3.05. The molecule has 0 amide bonds. The van der Waals surface area contributed by atoms with Crippen LogP contribution in [-0.2, 0) is 11.2 Å². The van der Waals surface area contributed by atoms with Crippen LogP contribution in [0.5, 0.6) is 5.75 Å². The van der Waals surface area contributed by atoms with E-state index in [1.165, 1.54) is 5.56 Å². The van der Waals surface area contributed by atoms with Crippen molar-refractivity contribution in [2.24, 2.45) is 0 Å². The number of ether oxygens (including phenoxy) is 2. The Morgan fingerprint density at radius 2 is 1.72 bits per heavy atom. The summed E-state index contributed by atoms with van der Waals surface area (Å²) in [6.07, 6.45) is 1.64. The molecule has 0 atom stereocenters. The van der Waals surface area contributed by atoms with Crippen molar-refractivity contribution in [3.63, 3.8) is 0 Å². The fourth-order valence-electron chi connectivity index (χ4n) is 3.84. The van der Waals surface area contributed by atoms with Gasteiger partial charge in [-0.15, -0.1) is 0 Å². The molecule has 2 aromatic carbocycles. The van der Waals surface area contributed by atoms with Crippen LogP contribution < -0.4 is 15.5 Å². The largest absolute Gasteiger partial charge is 0.491 e. The van der Waals surface area contributed by atoms with Crippen LogP contribution in [-0.4, -0.2) is 31.9 Å². The number of hydrogen-bond donors (Lipinski definition) is 2. The molecule has 3 rings (SSSR count). The van der Waals surface area contributed by atoms with Crippen LogP contribution in [0, 0.1) is 20.8 Å². The minimum atomic E-state index is 0.0872. The van der Waals surface area contributed by atoms with Crippen LogP contribution in [0.2, 0.25) is 0 Å². The molecule has 0 fully saturated rings.